The van der Waals surface area contributed by atoms with E-state index >= 15 is 0 Å². The summed E-state index contributed by atoms with van der Waals surface area (Å²) < 4.78 is 17.1. The smallest absolute Gasteiger partial charge is 0.163 e. The second-order valence-electron chi connectivity index (χ2n) is 5.96. The van der Waals surface area contributed by atoms with Crippen LogP contribution in [0.4, 0.5) is 5.69 Å². The molecule has 2 heterocycles. The number of hydrogen-bond donors (Lipinski definition) is 1. The van der Waals surface area contributed by atoms with Crippen LogP contribution in [0.3, 0.4) is 0 Å². The van der Waals surface area contributed by atoms with Crippen LogP contribution in [-0.2, 0) is 4.74 Å². The van der Waals surface area contributed by atoms with Crippen molar-refractivity contribution in [1.82, 2.24) is 0 Å². The van der Waals surface area contributed by atoms with Gasteiger partial charge < -0.3 is 19.5 Å². The standard InChI is InChI=1S/C16H22ClNO3/c1-3-16(2)10-11(4-5-21-16)18-13-9-15-14(8-12(13)17)19-6-7-20-15/h8-9,11,18H,3-7,10H2,1-2H3. The Morgan fingerprint density at radius 1 is 1.24 bits per heavy atom. The first kappa shape index (κ1) is 14.8. The molecule has 1 aromatic carbocycles. The molecular formula is C16H22ClNO3. The summed E-state index contributed by atoms with van der Waals surface area (Å²) in [5.74, 6) is 1.49. The summed E-state index contributed by atoms with van der Waals surface area (Å²) in [6.45, 7) is 6.28. The molecule has 2 atom stereocenters. The lowest BCUT2D eigenvalue weighted by atomic mass is 9.90. The molecule has 0 amide bonds. The Kier molecular flexibility index (Phi) is 4.18. The minimum absolute atomic E-state index is 0.0454. The third-order valence-corrected chi connectivity index (χ3v) is 4.65. The van der Waals surface area contributed by atoms with Gasteiger partial charge in [-0.2, -0.15) is 0 Å². The van der Waals surface area contributed by atoms with E-state index in [1.54, 1.807) is 0 Å². The van der Waals surface area contributed by atoms with Crippen molar-refractivity contribution in [2.75, 3.05) is 25.1 Å². The van der Waals surface area contributed by atoms with Gasteiger partial charge in [0.15, 0.2) is 11.5 Å². The quantitative estimate of drug-likeness (QED) is 0.920. The number of rotatable bonds is 3. The third kappa shape index (κ3) is 3.22. The molecule has 21 heavy (non-hydrogen) atoms. The number of fused-ring (bicyclic) bond motifs is 1. The van der Waals surface area contributed by atoms with Gasteiger partial charge in [0.2, 0.25) is 0 Å². The fourth-order valence-electron chi connectivity index (χ4n) is 2.89. The molecule has 2 aliphatic rings. The van der Waals surface area contributed by atoms with Crippen LogP contribution in [0.5, 0.6) is 11.5 Å². The van der Waals surface area contributed by atoms with E-state index < -0.39 is 0 Å². The van der Waals surface area contributed by atoms with Crippen LogP contribution >= 0.6 is 11.6 Å². The largest absolute Gasteiger partial charge is 0.486 e. The highest BCUT2D eigenvalue weighted by molar-refractivity contribution is 6.33. The van der Waals surface area contributed by atoms with E-state index in [9.17, 15) is 0 Å². The first-order chi connectivity index (χ1) is 10.1. The Balaban J connectivity index is 1.75. The zero-order valence-corrected chi connectivity index (χ0v) is 13.3. The van der Waals surface area contributed by atoms with Crippen LogP contribution in [0.2, 0.25) is 5.02 Å². The van der Waals surface area contributed by atoms with Crippen molar-refractivity contribution >= 4 is 17.3 Å². The number of ether oxygens (including phenoxy) is 3. The molecule has 0 radical (unpaired) electrons. The summed E-state index contributed by atoms with van der Waals surface area (Å²) in [4.78, 5) is 0. The second kappa shape index (κ2) is 5.93. The van der Waals surface area contributed by atoms with E-state index in [1.807, 2.05) is 12.1 Å². The lowest BCUT2D eigenvalue weighted by molar-refractivity contribution is -0.0708. The highest BCUT2D eigenvalue weighted by Gasteiger charge is 2.32. The van der Waals surface area contributed by atoms with Crippen LogP contribution in [0.25, 0.3) is 0 Å². The van der Waals surface area contributed by atoms with Crippen molar-refractivity contribution in [1.29, 1.82) is 0 Å². The highest BCUT2D eigenvalue weighted by atomic mass is 35.5. The summed E-state index contributed by atoms with van der Waals surface area (Å²) >= 11 is 6.36. The van der Waals surface area contributed by atoms with Crippen LogP contribution in [0, 0.1) is 0 Å². The SMILES string of the molecule is CCC1(C)CC(Nc2cc3c(cc2Cl)OCCO3)CCO1. The molecule has 0 aromatic heterocycles. The van der Waals surface area contributed by atoms with Gasteiger partial charge in [0.1, 0.15) is 13.2 Å². The molecule has 1 N–H and O–H groups in total. The summed E-state index contributed by atoms with van der Waals surface area (Å²) in [5.41, 5.74) is 0.863. The number of halogens is 1. The summed E-state index contributed by atoms with van der Waals surface area (Å²) in [6, 6.07) is 4.13. The summed E-state index contributed by atoms with van der Waals surface area (Å²) in [5, 5.41) is 4.21. The Hall–Kier alpha value is -1.13. The van der Waals surface area contributed by atoms with Crippen molar-refractivity contribution < 1.29 is 14.2 Å². The second-order valence-corrected chi connectivity index (χ2v) is 6.37. The topological polar surface area (TPSA) is 39.7 Å². The monoisotopic (exact) mass is 311 g/mol. The molecular weight excluding hydrogens is 290 g/mol. The average Bonchev–Trinajstić information content (AvgIpc) is 2.48. The van der Waals surface area contributed by atoms with Crippen molar-refractivity contribution in [3.8, 4) is 11.5 Å². The molecule has 3 rings (SSSR count). The molecule has 0 spiro atoms. The van der Waals surface area contributed by atoms with E-state index in [1.165, 1.54) is 0 Å². The summed E-state index contributed by atoms with van der Waals surface area (Å²) in [6.07, 6.45) is 2.98. The Bertz CT molecular complexity index is 522. The van der Waals surface area contributed by atoms with Gasteiger partial charge in [-0.3, -0.25) is 0 Å². The van der Waals surface area contributed by atoms with Crippen LogP contribution in [0.15, 0.2) is 12.1 Å². The van der Waals surface area contributed by atoms with Gasteiger partial charge in [-0.1, -0.05) is 18.5 Å². The van der Waals surface area contributed by atoms with Crippen LogP contribution < -0.4 is 14.8 Å². The van der Waals surface area contributed by atoms with E-state index in [-0.39, 0.29) is 5.60 Å². The lowest BCUT2D eigenvalue weighted by Gasteiger charge is -2.38. The molecule has 1 saturated heterocycles. The minimum Gasteiger partial charge on any atom is -0.486 e. The van der Waals surface area contributed by atoms with E-state index in [0.29, 0.717) is 24.3 Å². The lowest BCUT2D eigenvalue weighted by Crippen LogP contribution is -2.41. The first-order valence-electron chi connectivity index (χ1n) is 7.59. The molecule has 5 heteroatoms. The Morgan fingerprint density at radius 2 is 1.95 bits per heavy atom. The van der Waals surface area contributed by atoms with E-state index in [4.69, 9.17) is 25.8 Å². The van der Waals surface area contributed by atoms with Crippen molar-refractivity contribution in [3.05, 3.63) is 17.2 Å². The van der Waals surface area contributed by atoms with Crippen molar-refractivity contribution in [2.24, 2.45) is 0 Å². The maximum absolute atomic E-state index is 6.36. The van der Waals surface area contributed by atoms with Gasteiger partial charge in [-0.15, -0.1) is 0 Å². The zero-order valence-electron chi connectivity index (χ0n) is 12.6. The predicted octanol–water partition coefficient (Wildman–Crippen LogP) is 3.87. The molecule has 116 valence electrons. The van der Waals surface area contributed by atoms with Gasteiger partial charge in [0.25, 0.3) is 0 Å². The average molecular weight is 312 g/mol. The highest BCUT2D eigenvalue weighted by Crippen LogP contribution is 2.39. The fourth-order valence-corrected chi connectivity index (χ4v) is 3.10. The van der Waals surface area contributed by atoms with Crippen LogP contribution in [0.1, 0.15) is 33.1 Å². The molecule has 0 saturated carbocycles. The molecule has 0 bridgehead atoms. The van der Waals surface area contributed by atoms with Gasteiger partial charge in [0.05, 0.1) is 16.3 Å². The Labute approximate surface area is 130 Å². The van der Waals surface area contributed by atoms with Crippen molar-refractivity contribution in [2.45, 2.75) is 44.8 Å². The van der Waals surface area contributed by atoms with Crippen molar-refractivity contribution in [3.63, 3.8) is 0 Å². The van der Waals surface area contributed by atoms with Gasteiger partial charge in [-0.05, 0) is 26.2 Å². The van der Waals surface area contributed by atoms with Gasteiger partial charge in [0, 0.05) is 24.8 Å². The number of hydrogen-bond acceptors (Lipinski definition) is 4. The number of anilines is 1. The first-order valence-corrected chi connectivity index (χ1v) is 7.97. The molecule has 4 nitrogen and oxygen atoms in total. The number of benzene rings is 1. The maximum Gasteiger partial charge on any atom is 0.163 e. The fraction of sp³-hybridized carbons (Fsp3) is 0.625. The normalized spacial score (nSPS) is 28.2. The molecule has 2 unspecified atom stereocenters. The van der Waals surface area contributed by atoms with Gasteiger partial charge in [-0.25, -0.2) is 0 Å². The predicted molar refractivity (Wildman–Crippen MR) is 83.7 cm³/mol. The Morgan fingerprint density at radius 3 is 2.67 bits per heavy atom. The van der Waals surface area contributed by atoms with Gasteiger partial charge >= 0.3 is 0 Å². The maximum atomic E-state index is 6.36. The third-order valence-electron chi connectivity index (χ3n) is 4.33. The molecule has 2 aliphatic heterocycles. The molecule has 1 aromatic rings. The van der Waals surface area contributed by atoms with E-state index in [2.05, 4.69) is 19.2 Å². The zero-order chi connectivity index (χ0) is 14.9. The van der Waals surface area contributed by atoms with Crippen LogP contribution in [-0.4, -0.2) is 31.5 Å². The molecule has 1 fully saturated rings. The molecule has 0 aliphatic carbocycles. The van der Waals surface area contributed by atoms with E-state index in [0.717, 1.165) is 43.1 Å². The summed E-state index contributed by atoms with van der Waals surface area (Å²) in [7, 11) is 0. The number of nitrogens with one attached hydrogen (secondary N) is 1. The minimum atomic E-state index is -0.0454.